The number of primary amides is 1. The van der Waals surface area contributed by atoms with Crippen LogP contribution >= 0.6 is 0 Å². The van der Waals surface area contributed by atoms with Gasteiger partial charge in [0.1, 0.15) is 5.60 Å². The van der Waals surface area contributed by atoms with E-state index in [1.54, 1.807) is 0 Å². The summed E-state index contributed by atoms with van der Waals surface area (Å²) in [6, 6.07) is 0. The molecule has 1 aliphatic heterocycles. The van der Waals surface area contributed by atoms with Crippen LogP contribution in [0, 0.1) is 5.92 Å². The van der Waals surface area contributed by atoms with Crippen molar-refractivity contribution in [2.45, 2.75) is 37.7 Å². The lowest BCUT2D eigenvalue weighted by molar-refractivity contribution is -0.125. The summed E-state index contributed by atoms with van der Waals surface area (Å²) in [6.45, 7) is 0. The smallest absolute Gasteiger partial charge is 0.220 e. The Morgan fingerprint density at radius 2 is 2.23 bits per heavy atom. The van der Waals surface area contributed by atoms with E-state index in [-0.39, 0.29) is 17.4 Å². The highest BCUT2D eigenvalue weighted by Crippen LogP contribution is 2.38. The summed E-state index contributed by atoms with van der Waals surface area (Å²) < 4.78 is 0. The molecule has 2 aliphatic rings. The molecule has 0 unspecified atom stereocenters. The van der Waals surface area contributed by atoms with Crippen LogP contribution in [-0.4, -0.2) is 17.7 Å². The molecular formula is C9H14N2O2. The molecule has 1 spiro atoms. The third kappa shape index (κ3) is 1.53. The minimum Gasteiger partial charge on any atom is -0.389 e. The fourth-order valence-electron chi connectivity index (χ4n) is 2.11. The average Bonchev–Trinajstić information content (AvgIpc) is 2.54. The molecule has 0 aromatic heterocycles. The van der Waals surface area contributed by atoms with E-state index in [9.17, 15) is 4.79 Å². The molecule has 1 fully saturated rings. The van der Waals surface area contributed by atoms with Crippen LogP contribution in [0.15, 0.2) is 5.16 Å². The fraction of sp³-hybridized carbons (Fsp3) is 0.778. The van der Waals surface area contributed by atoms with Gasteiger partial charge in [0.05, 0.1) is 0 Å². The number of nitrogens with two attached hydrogens (primary N) is 1. The molecule has 1 saturated carbocycles. The van der Waals surface area contributed by atoms with Crippen molar-refractivity contribution < 1.29 is 9.63 Å². The Hall–Kier alpha value is -1.06. The standard InChI is InChI=1S/C9H14N2O2/c10-8(12)7-1-3-9(4-2-7)5-6-11-13-9/h6-7H,1-5H2,(H2,10,12). The lowest BCUT2D eigenvalue weighted by atomic mass is 9.77. The highest BCUT2D eigenvalue weighted by atomic mass is 16.7. The SMILES string of the molecule is NC(=O)C1CCC2(CC=NO2)CC1. The highest BCUT2D eigenvalue weighted by molar-refractivity contribution is 5.76. The Bertz CT molecular complexity index is 232. The number of oxime groups is 1. The zero-order valence-corrected chi connectivity index (χ0v) is 7.53. The number of carbonyl (C=O) groups excluding carboxylic acids is 1. The second-order valence-electron chi connectivity index (χ2n) is 3.94. The van der Waals surface area contributed by atoms with Crippen LogP contribution in [-0.2, 0) is 9.63 Å². The van der Waals surface area contributed by atoms with Crippen LogP contribution in [0.5, 0.6) is 0 Å². The van der Waals surface area contributed by atoms with Gasteiger partial charge in [-0.15, -0.1) is 0 Å². The molecule has 1 heterocycles. The predicted molar refractivity (Wildman–Crippen MR) is 48.1 cm³/mol. The topological polar surface area (TPSA) is 64.7 Å². The molecule has 4 heteroatoms. The largest absolute Gasteiger partial charge is 0.389 e. The van der Waals surface area contributed by atoms with E-state index in [0.29, 0.717) is 0 Å². The van der Waals surface area contributed by atoms with Crippen molar-refractivity contribution in [1.29, 1.82) is 0 Å². The van der Waals surface area contributed by atoms with Crippen LogP contribution < -0.4 is 5.73 Å². The van der Waals surface area contributed by atoms with E-state index < -0.39 is 0 Å². The van der Waals surface area contributed by atoms with Gasteiger partial charge in [0.15, 0.2) is 0 Å². The Morgan fingerprint density at radius 3 is 2.69 bits per heavy atom. The van der Waals surface area contributed by atoms with Gasteiger partial charge in [0.25, 0.3) is 0 Å². The van der Waals surface area contributed by atoms with Gasteiger partial charge in [0.2, 0.25) is 5.91 Å². The summed E-state index contributed by atoms with van der Waals surface area (Å²) in [5, 5.41) is 3.79. The second kappa shape index (κ2) is 3.01. The van der Waals surface area contributed by atoms with E-state index >= 15 is 0 Å². The molecule has 2 N–H and O–H groups in total. The first-order valence-electron chi connectivity index (χ1n) is 4.71. The number of hydrogen-bond donors (Lipinski definition) is 1. The van der Waals surface area contributed by atoms with Gasteiger partial charge < -0.3 is 10.6 Å². The van der Waals surface area contributed by atoms with Gasteiger partial charge in [-0.05, 0) is 25.7 Å². The van der Waals surface area contributed by atoms with Crippen molar-refractivity contribution in [2.24, 2.45) is 16.8 Å². The van der Waals surface area contributed by atoms with Crippen LogP contribution in [0.3, 0.4) is 0 Å². The third-order valence-corrected chi connectivity index (χ3v) is 3.08. The molecule has 0 bridgehead atoms. The van der Waals surface area contributed by atoms with Crippen molar-refractivity contribution in [3.63, 3.8) is 0 Å². The molecule has 4 nitrogen and oxygen atoms in total. The maximum absolute atomic E-state index is 10.9. The molecule has 1 aliphatic carbocycles. The third-order valence-electron chi connectivity index (χ3n) is 3.08. The Balaban J connectivity index is 1.92. The molecule has 0 atom stereocenters. The van der Waals surface area contributed by atoms with E-state index in [1.165, 1.54) is 0 Å². The van der Waals surface area contributed by atoms with Crippen LogP contribution in [0.25, 0.3) is 0 Å². The van der Waals surface area contributed by atoms with E-state index in [1.807, 2.05) is 6.21 Å². The molecule has 72 valence electrons. The molecule has 1 amide bonds. The van der Waals surface area contributed by atoms with E-state index in [0.717, 1.165) is 32.1 Å². The predicted octanol–water partition coefficient (Wildman–Crippen LogP) is 0.807. The quantitative estimate of drug-likeness (QED) is 0.652. The number of rotatable bonds is 1. The van der Waals surface area contributed by atoms with Gasteiger partial charge in [-0.3, -0.25) is 4.79 Å². The summed E-state index contributed by atoms with van der Waals surface area (Å²) in [6.07, 6.45) is 6.20. The maximum Gasteiger partial charge on any atom is 0.220 e. The minimum absolute atomic E-state index is 0.0508. The Kier molecular flexibility index (Phi) is 1.98. The van der Waals surface area contributed by atoms with Gasteiger partial charge >= 0.3 is 0 Å². The molecular weight excluding hydrogens is 168 g/mol. The Labute approximate surface area is 77.1 Å². The van der Waals surface area contributed by atoms with Gasteiger partial charge in [-0.1, -0.05) is 5.16 Å². The van der Waals surface area contributed by atoms with Crippen molar-refractivity contribution in [3.05, 3.63) is 0 Å². The monoisotopic (exact) mass is 182 g/mol. The van der Waals surface area contributed by atoms with E-state index in [4.69, 9.17) is 10.6 Å². The zero-order chi connectivity index (χ0) is 9.31. The van der Waals surface area contributed by atoms with Crippen molar-refractivity contribution in [1.82, 2.24) is 0 Å². The summed E-state index contributed by atoms with van der Waals surface area (Å²) in [5.74, 6) is -0.122. The summed E-state index contributed by atoms with van der Waals surface area (Å²) >= 11 is 0. The van der Waals surface area contributed by atoms with Crippen molar-refractivity contribution >= 4 is 12.1 Å². The van der Waals surface area contributed by atoms with Gasteiger partial charge in [-0.2, -0.15) is 0 Å². The number of nitrogens with zero attached hydrogens (tertiary/aromatic N) is 1. The first kappa shape index (κ1) is 8.53. The summed E-state index contributed by atoms with van der Waals surface area (Å²) in [5.41, 5.74) is 5.15. The molecule has 0 saturated heterocycles. The molecule has 0 aromatic carbocycles. The fourth-order valence-corrected chi connectivity index (χ4v) is 2.11. The zero-order valence-electron chi connectivity index (χ0n) is 7.53. The van der Waals surface area contributed by atoms with Crippen molar-refractivity contribution in [2.75, 3.05) is 0 Å². The minimum atomic E-state index is -0.172. The first-order valence-corrected chi connectivity index (χ1v) is 4.71. The molecule has 13 heavy (non-hydrogen) atoms. The van der Waals surface area contributed by atoms with Crippen LogP contribution in [0.1, 0.15) is 32.1 Å². The molecule has 0 radical (unpaired) electrons. The average molecular weight is 182 g/mol. The maximum atomic E-state index is 10.9. The second-order valence-corrected chi connectivity index (χ2v) is 3.94. The number of hydrogen-bond acceptors (Lipinski definition) is 3. The van der Waals surface area contributed by atoms with Crippen molar-refractivity contribution in [3.8, 4) is 0 Å². The van der Waals surface area contributed by atoms with Gasteiger partial charge in [-0.25, -0.2) is 0 Å². The number of carbonyl (C=O) groups is 1. The van der Waals surface area contributed by atoms with Crippen LogP contribution in [0.4, 0.5) is 0 Å². The first-order chi connectivity index (χ1) is 6.22. The molecule has 2 rings (SSSR count). The summed E-state index contributed by atoms with van der Waals surface area (Å²) in [4.78, 5) is 16.2. The number of amides is 1. The van der Waals surface area contributed by atoms with Gasteiger partial charge in [0, 0.05) is 18.6 Å². The lowest BCUT2D eigenvalue weighted by Gasteiger charge is -2.33. The lowest BCUT2D eigenvalue weighted by Crippen LogP contribution is -2.37. The normalized spacial score (nSPS) is 37.7. The summed E-state index contributed by atoms with van der Waals surface area (Å²) in [7, 11) is 0. The molecule has 0 aromatic rings. The van der Waals surface area contributed by atoms with Crippen LogP contribution in [0.2, 0.25) is 0 Å². The van der Waals surface area contributed by atoms with E-state index in [2.05, 4.69) is 5.16 Å². The Morgan fingerprint density at radius 1 is 1.54 bits per heavy atom. The highest BCUT2D eigenvalue weighted by Gasteiger charge is 2.40.